The Hall–Kier alpha value is -1.45. The largest absolute Gasteiger partial charge is 0.356 e. The third-order valence-electron chi connectivity index (χ3n) is 2.80. The van der Waals surface area contributed by atoms with Gasteiger partial charge >= 0.3 is 0 Å². The van der Waals surface area contributed by atoms with Gasteiger partial charge < -0.3 is 5.32 Å². The van der Waals surface area contributed by atoms with E-state index in [1.165, 1.54) is 12.1 Å². The molecular formula is C12H13F2NO. The van der Waals surface area contributed by atoms with Crippen molar-refractivity contribution in [3.63, 3.8) is 0 Å². The zero-order valence-corrected chi connectivity index (χ0v) is 8.80. The quantitative estimate of drug-likeness (QED) is 0.819. The molecule has 1 N–H and O–H groups in total. The van der Waals surface area contributed by atoms with Gasteiger partial charge in [-0.2, -0.15) is 0 Å². The van der Waals surface area contributed by atoms with Gasteiger partial charge in [0.2, 0.25) is 5.91 Å². The summed E-state index contributed by atoms with van der Waals surface area (Å²) in [6, 6.07) is 3.40. The number of nitrogens with one attached hydrogen (secondary N) is 1. The van der Waals surface area contributed by atoms with Crippen LogP contribution in [-0.4, -0.2) is 12.5 Å². The van der Waals surface area contributed by atoms with Crippen LogP contribution in [0, 0.1) is 17.6 Å². The van der Waals surface area contributed by atoms with E-state index in [-0.39, 0.29) is 11.8 Å². The molecule has 0 spiro atoms. The number of halogens is 2. The second kappa shape index (κ2) is 4.60. The van der Waals surface area contributed by atoms with Gasteiger partial charge in [0.25, 0.3) is 0 Å². The second-order valence-corrected chi connectivity index (χ2v) is 4.11. The van der Waals surface area contributed by atoms with Gasteiger partial charge in [0.1, 0.15) is 11.6 Å². The first-order chi connectivity index (χ1) is 7.65. The van der Waals surface area contributed by atoms with Crippen molar-refractivity contribution < 1.29 is 13.6 Å². The van der Waals surface area contributed by atoms with Crippen molar-refractivity contribution in [3.05, 3.63) is 35.4 Å². The van der Waals surface area contributed by atoms with Crippen molar-refractivity contribution >= 4 is 5.91 Å². The summed E-state index contributed by atoms with van der Waals surface area (Å²) in [4.78, 5) is 11.5. The molecule has 1 unspecified atom stereocenters. The Kier molecular flexibility index (Phi) is 3.17. The number of benzene rings is 1. The molecule has 0 radical (unpaired) electrons. The molecule has 1 aliphatic heterocycles. The molecular weight excluding hydrogens is 212 g/mol. The van der Waals surface area contributed by atoms with Crippen LogP contribution in [0.15, 0.2) is 18.2 Å². The lowest BCUT2D eigenvalue weighted by Crippen LogP contribution is -2.37. The number of amides is 1. The molecule has 1 saturated heterocycles. The van der Waals surface area contributed by atoms with E-state index in [1.54, 1.807) is 0 Å². The molecule has 1 atom stereocenters. The van der Waals surface area contributed by atoms with Crippen molar-refractivity contribution in [2.75, 3.05) is 6.54 Å². The van der Waals surface area contributed by atoms with E-state index in [2.05, 4.69) is 5.32 Å². The van der Waals surface area contributed by atoms with Gasteiger partial charge in [0, 0.05) is 18.5 Å². The van der Waals surface area contributed by atoms with E-state index in [9.17, 15) is 13.6 Å². The van der Waals surface area contributed by atoms with Crippen LogP contribution in [0.5, 0.6) is 0 Å². The topological polar surface area (TPSA) is 29.1 Å². The Bertz CT molecular complexity index is 386. The maximum absolute atomic E-state index is 12.9. The van der Waals surface area contributed by atoms with Crippen molar-refractivity contribution in [2.24, 2.45) is 5.92 Å². The third kappa shape index (κ3) is 2.56. The van der Waals surface area contributed by atoms with Crippen LogP contribution in [0.2, 0.25) is 0 Å². The molecule has 1 fully saturated rings. The summed E-state index contributed by atoms with van der Waals surface area (Å²) in [5.74, 6) is -1.36. The minimum absolute atomic E-state index is 0.0177. The van der Waals surface area contributed by atoms with Crippen molar-refractivity contribution in [1.82, 2.24) is 5.32 Å². The van der Waals surface area contributed by atoms with Crippen LogP contribution in [0.1, 0.15) is 18.4 Å². The van der Waals surface area contributed by atoms with E-state index in [0.717, 1.165) is 18.9 Å². The van der Waals surface area contributed by atoms with Crippen LogP contribution in [0.4, 0.5) is 8.78 Å². The summed E-state index contributed by atoms with van der Waals surface area (Å²) >= 11 is 0. The zero-order valence-electron chi connectivity index (χ0n) is 8.80. The molecule has 16 heavy (non-hydrogen) atoms. The predicted octanol–water partition coefficient (Wildman–Crippen LogP) is 2.03. The fraction of sp³-hybridized carbons (Fsp3) is 0.417. The van der Waals surface area contributed by atoms with E-state index in [1.807, 2.05) is 0 Å². The average Bonchev–Trinajstić information content (AvgIpc) is 2.20. The van der Waals surface area contributed by atoms with Gasteiger partial charge in [-0.1, -0.05) is 0 Å². The highest BCUT2D eigenvalue weighted by Gasteiger charge is 2.22. The Labute approximate surface area is 92.7 Å². The molecule has 4 heteroatoms. The molecule has 0 saturated carbocycles. The first-order valence-electron chi connectivity index (χ1n) is 5.38. The van der Waals surface area contributed by atoms with Gasteiger partial charge in [-0.15, -0.1) is 0 Å². The van der Waals surface area contributed by atoms with Crippen LogP contribution in [-0.2, 0) is 11.2 Å². The molecule has 0 bridgehead atoms. The standard InChI is InChI=1S/C12H13F2NO/c13-10-5-8(6-11(14)7-10)4-9-2-1-3-15-12(9)16/h5-7,9H,1-4H2,(H,15,16). The molecule has 0 aromatic heterocycles. The minimum atomic E-state index is -0.591. The lowest BCUT2D eigenvalue weighted by atomic mass is 9.91. The summed E-state index contributed by atoms with van der Waals surface area (Å²) < 4.78 is 25.9. The number of carbonyl (C=O) groups is 1. The van der Waals surface area contributed by atoms with Gasteiger partial charge in [0.15, 0.2) is 0 Å². The molecule has 1 aromatic carbocycles. The molecule has 1 amide bonds. The number of carbonyl (C=O) groups excluding carboxylic acids is 1. The van der Waals surface area contributed by atoms with Crippen LogP contribution in [0.25, 0.3) is 0 Å². The predicted molar refractivity (Wildman–Crippen MR) is 55.8 cm³/mol. The van der Waals surface area contributed by atoms with Crippen LogP contribution < -0.4 is 5.32 Å². The van der Waals surface area contributed by atoms with Crippen molar-refractivity contribution in [1.29, 1.82) is 0 Å². The van der Waals surface area contributed by atoms with Crippen LogP contribution in [0.3, 0.4) is 0 Å². The van der Waals surface area contributed by atoms with Gasteiger partial charge in [-0.25, -0.2) is 8.78 Å². The van der Waals surface area contributed by atoms with Gasteiger partial charge in [-0.3, -0.25) is 4.79 Å². The maximum Gasteiger partial charge on any atom is 0.223 e. The SMILES string of the molecule is O=C1NCCCC1Cc1cc(F)cc(F)c1. The van der Waals surface area contributed by atoms with Crippen molar-refractivity contribution in [3.8, 4) is 0 Å². The summed E-state index contributed by atoms with van der Waals surface area (Å²) in [6.45, 7) is 0.701. The lowest BCUT2D eigenvalue weighted by Gasteiger charge is -2.21. The number of rotatable bonds is 2. The molecule has 1 heterocycles. The summed E-state index contributed by atoms with van der Waals surface area (Å²) in [6.07, 6.45) is 2.11. The maximum atomic E-state index is 12.9. The summed E-state index contributed by atoms with van der Waals surface area (Å²) in [7, 11) is 0. The summed E-state index contributed by atoms with van der Waals surface area (Å²) in [5, 5.41) is 2.76. The zero-order chi connectivity index (χ0) is 11.5. The van der Waals surface area contributed by atoms with Gasteiger partial charge in [0.05, 0.1) is 0 Å². The van der Waals surface area contributed by atoms with E-state index >= 15 is 0 Å². The molecule has 1 aliphatic rings. The highest BCUT2D eigenvalue weighted by atomic mass is 19.1. The number of piperidine rings is 1. The van der Waals surface area contributed by atoms with Crippen LogP contribution >= 0.6 is 0 Å². The Morgan fingerprint density at radius 2 is 1.94 bits per heavy atom. The Balaban J connectivity index is 2.10. The average molecular weight is 225 g/mol. The smallest absolute Gasteiger partial charge is 0.223 e. The number of hydrogen-bond donors (Lipinski definition) is 1. The first kappa shape index (κ1) is 11.0. The molecule has 86 valence electrons. The minimum Gasteiger partial charge on any atom is -0.356 e. The van der Waals surface area contributed by atoms with E-state index in [0.29, 0.717) is 18.5 Å². The Morgan fingerprint density at radius 1 is 1.25 bits per heavy atom. The number of hydrogen-bond acceptors (Lipinski definition) is 1. The lowest BCUT2D eigenvalue weighted by molar-refractivity contribution is -0.126. The fourth-order valence-electron chi connectivity index (χ4n) is 2.04. The monoisotopic (exact) mass is 225 g/mol. The van der Waals surface area contributed by atoms with Crippen molar-refractivity contribution in [2.45, 2.75) is 19.3 Å². The molecule has 0 aliphatic carbocycles. The molecule has 1 aromatic rings. The summed E-state index contributed by atoms with van der Waals surface area (Å²) in [5.41, 5.74) is 0.541. The van der Waals surface area contributed by atoms with Gasteiger partial charge in [-0.05, 0) is 37.0 Å². The highest BCUT2D eigenvalue weighted by molar-refractivity contribution is 5.79. The highest BCUT2D eigenvalue weighted by Crippen LogP contribution is 2.18. The van der Waals surface area contributed by atoms with E-state index in [4.69, 9.17) is 0 Å². The van der Waals surface area contributed by atoms with E-state index < -0.39 is 11.6 Å². The Morgan fingerprint density at radius 3 is 2.56 bits per heavy atom. The normalized spacial score (nSPS) is 20.6. The second-order valence-electron chi connectivity index (χ2n) is 4.11. The molecule has 2 nitrogen and oxygen atoms in total. The third-order valence-corrected chi connectivity index (χ3v) is 2.80. The fourth-order valence-corrected chi connectivity index (χ4v) is 2.04. The first-order valence-corrected chi connectivity index (χ1v) is 5.38. The molecule has 2 rings (SSSR count).